The maximum atomic E-state index is 9.88. The number of hydrogen-bond donors (Lipinski definition) is 4. The summed E-state index contributed by atoms with van der Waals surface area (Å²) in [7, 11) is 0. The quantitative estimate of drug-likeness (QED) is 0.624. The molecule has 6 heteroatoms. The van der Waals surface area contributed by atoms with Crippen LogP contribution in [-0.2, 0) is 4.74 Å². The summed E-state index contributed by atoms with van der Waals surface area (Å²) >= 11 is 0. The zero-order valence-corrected chi connectivity index (χ0v) is 12.1. The molecule has 0 radical (unpaired) electrons. The minimum absolute atomic E-state index is 0.395. The van der Waals surface area contributed by atoms with Gasteiger partial charge in [-0.2, -0.15) is 0 Å². The van der Waals surface area contributed by atoms with Crippen molar-refractivity contribution in [3.05, 3.63) is 29.8 Å². The lowest BCUT2D eigenvalue weighted by Gasteiger charge is -2.39. The number of benzene rings is 1. The predicted molar refractivity (Wildman–Crippen MR) is 74.9 cm³/mol. The highest BCUT2D eigenvalue weighted by atomic mass is 16.7. The van der Waals surface area contributed by atoms with Gasteiger partial charge in [0, 0.05) is 0 Å². The van der Waals surface area contributed by atoms with Crippen molar-refractivity contribution in [1.82, 2.24) is 0 Å². The molecule has 5 atom stereocenters. The van der Waals surface area contributed by atoms with Crippen LogP contribution in [0.15, 0.2) is 24.3 Å². The lowest BCUT2D eigenvalue weighted by atomic mass is 9.99. The maximum absolute atomic E-state index is 9.88. The molecule has 0 unspecified atom stereocenters. The molecule has 1 aromatic carbocycles. The molecule has 0 amide bonds. The summed E-state index contributed by atoms with van der Waals surface area (Å²) < 4.78 is 10.8. The van der Waals surface area contributed by atoms with Gasteiger partial charge in [-0.3, -0.25) is 0 Å². The average molecular weight is 298 g/mol. The first-order chi connectivity index (χ1) is 9.93. The van der Waals surface area contributed by atoms with Crippen LogP contribution < -0.4 is 4.74 Å². The van der Waals surface area contributed by atoms with Crippen LogP contribution in [0.1, 0.15) is 25.3 Å². The van der Waals surface area contributed by atoms with Gasteiger partial charge in [-0.1, -0.05) is 26.0 Å². The standard InChI is InChI=1S/C15H22O6/c1-8(2)9-3-5-10(6-4-9)20-15-14(19)13(18)12(17)11(7-16)21-15/h3-6,8,11-19H,7H2,1-2H3/t11-,12-,13+,14-,15-/m1/s1. The van der Waals surface area contributed by atoms with E-state index < -0.39 is 37.3 Å². The van der Waals surface area contributed by atoms with Crippen molar-refractivity contribution >= 4 is 0 Å². The lowest BCUT2D eigenvalue weighted by molar-refractivity contribution is -0.277. The average Bonchev–Trinajstić information content (AvgIpc) is 2.48. The van der Waals surface area contributed by atoms with E-state index in [1.807, 2.05) is 12.1 Å². The molecule has 21 heavy (non-hydrogen) atoms. The summed E-state index contributed by atoms with van der Waals surface area (Å²) in [6.07, 6.45) is -6.33. The first-order valence-electron chi connectivity index (χ1n) is 7.01. The molecule has 1 aliphatic rings. The topological polar surface area (TPSA) is 99.4 Å². The van der Waals surface area contributed by atoms with Gasteiger partial charge in [0.15, 0.2) is 0 Å². The minimum Gasteiger partial charge on any atom is -0.462 e. The number of hydrogen-bond acceptors (Lipinski definition) is 6. The lowest BCUT2D eigenvalue weighted by Crippen LogP contribution is -2.60. The fraction of sp³-hybridized carbons (Fsp3) is 0.600. The Morgan fingerprint density at radius 1 is 1.05 bits per heavy atom. The Bertz CT molecular complexity index is 444. The highest BCUT2D eigenvalue weighted by Gasteiger charge is 2.44. The normalized spacial score (nSPS) is 33.2. The summed E-state index contributed by atoms with van der Waals surface area (Å²) in [5.41, 5.74) is 1.15. The van der Waals surface area contributed by atoms with Gasteiger partial charge in [0.1, 0.15) is 30.2 Å². The van der Waals surface area contributed by atoms with Crippen LogP contribution in [0.2, 0.25) is 0 Å². The molecule has 4 N–H and O–H groups in total. The van der Waals surface area contributed by atoms with Gasteiger partial charge in [-0.05, 0) is 23.6 Å². The Balaban J connectivity index is 2.07. The van der Waals surface area contributed by atoms with Gasteiger partial charge in [0.2, 0.25) is 6.29 Å². The van der Waals surface area contributed by atoms with Crippen LogP contribution in [-0.4, -0.2) is 57.7 Å². The Morgan fingerprint density at radius 3 is 2.19 bits per heavy atom. The van der Waals surface area contributed by atoms with Gasteiger partial charge in [-0.15, -0.1) is 0 Å². The molecule has 1 saturated heterocycles. The molecule has 0 bridgehead atoms. The second-order valence-corrected chi connectivity index (χ2v) is 5.54. The smallest absolute Gasteiger partial charge is 0.229 e. The van der Waals surface area contributed by atoms with Gasteiger partial charge < -0.3 is 29.9 Å². The molecule has 0 aromatic heterocycles. The van der Waals surface area contributed by atoms with E-state index in [0.717, 1.165) is 5.56 Å². The molecule has 6 nitrogen and oxygen atoms in total. The molecule has 2 rings (SSSR count). The van der Waals surface area contributed by atoms with Crippen molar-refractivity contribution in [3.8, 4) is 5.75 Å². The summed E-state index contributed by atoms with van der Waals surface area (Å²) in [6.45, 7) is 3.68. The SMILES string of the molecule is CC(C)c1ccc(O[C@@H]2O[C@H](CO)[C@@H](O)[C@H](O)[C@H]2O)cc1. The predicted octanol–water partition coefficient (Wildman–Crippen LogP) is -0.0113. The van der Waals surface area contributed by atoms with E-state index in [1.54, 1.807) is 12.1 Å². The van der Waals surface area contributed by atoms with E-state index in [4.69, 9.17) is 14.6 Å². The van der Waals surface area contributed by atoms with Crippen molar-refractivity contribution in [1.29, 1.82) is 0 Å². The van der Waals surface area contributed by atoms with E-state index >= 15 is 0 Å². The van der Waals surface area contributed by atoms with Crippen LogP contribution in [0, 0.1) is 0 Å². The Kier molecular flexibility index (Phi) is 5.18. The van der Waals surface area contributed by atoms with Crippen molar-refractivity contribution in [2.24, 2.45) is 0 Å². The third-order valence-corrected chi connectivity index (χ3v) is 3.65. The summed E-state index contributed by atoms with van der Waals surface area (Å²) in [5.74, 6) is 0.870. The van der Waals surface area contributed by atoms with Crippen molar-refractivity contribution < 1.29 is 29.9 Å². The van der Waals surface area contributed by atoms with Crippen molar-refractivity contribution in [3.63, 3.8) is 0 Å². The van der Waals surface area contributed by atoms with Crippen LogP contribution in [0.4, 0.5) is 0 Å². The Hall–Kier alpha value is -1.18. The Morgan fingerprint density at radius 2 is 1.67 bits per heavy atom. The molecule has 0 saturated carbocycles. The molecular weight excluding hydrogens is 276 g/mol. The number of rotatable bonds is 4. The summed E-state index contributed by atoms with van der Waals surface area (Å²) in [5, 5.41) is 38.4. The largest absolute Gasteiger partial charge is 0.462 e. The van der Waals surface area contributed by atoms with Crippen molar-refractivity contribution in [2.45, 2.75) is 50.5 Å². The van der Waals surface area contributed by atoms with E-state index in [2.05, 4.69) is 13.8 Å². The first kappa shape index (κ1) is 16.2. The van der Waals surface area contributed by atoms with Crippen LogP contribution in [0.3, 0.4) is 0 Å². The molecule has 118 valence electrons. The van der Waals surface area contributed by atoms with Gasteiger partial charge in [0.05, 0.1) is 6.61 Å². The first-order valence-corrected chi connectivity index (χ1v) is 7.01. The second kappa shape index (κ2) is 6.72. The number of aliphatic hydroxyl groups is 4. The van der Waals surface area contributed by atoms with E-state index in [-0.39, 0.29) is 0 Å². The molecule has 0 aliphatic carbocycles. The highest BCUT2D eigenvalue weighted by molar-refractivity contribution is 5.29. The molecule has 1 heterocycles. The molecular formula is C15H22O6. The van der Waals surface area contributed by atoms with Gasteiger partial charge in [0.25, 0.3) is 0 Å². The Labute approximate surface area is 123 Å². The summed E-state index contributed by atoms with van der Waals surface area (Å²) in [6, 6.07) is 7.31. The van der Waals surface area contributed by atoms with E-state index in [1.165, 1.54) is 0 Å². The van der Waals surface area contributed by atoms with Gasteiger partial charge in [-0.25, -0.2) is 0 Å². The fourth-order valence-corrected chi connectivity index (χ4v) is 2.23. The highest BCUT2D eigenvalue weighted by Crippen LogP contribution is 2.25. The number of aliphatic hydroxyl groups excluding tert-OH is 4. The van der Waals surface area contributed by atoms with Crippen LogP contribution in [0.5, 0.6) is 5.75 Å². The summed E-state index contributed by atoms with van der Waals surface area (Å²) in [4.78, 5) is 0. The second-order valence-electron chi connectivity index (χ2n) is 5.54. The molecule has 1 fully saturated rings. The zero-order valence-electron chi connectivity index (χ0n) is 12.1. The monoisotopic (exact) mass is 298 g/mol. The number of ether oxygens (including phenoxy) is 2. The van der Waals surface area contributed by atoms with Crippen molar-refractivity contribution in [2.75, 3.05) is 6.61 Å². The molecule has 0 spiro atoms. The molecule has 1 aliphatic heterocycles. The van der Waals surface area contributed by atoms with Crippen LogP contribution in [0.25, 0.3) is 0 Å². The maximum Gasteiger partial charge on any atom is 0.229 e. The fourth-order valence-electron chi connectivity index (χ4n) is 2.23. The third kappa shape index (κ3) is 3.53. The third-order valence-electron chi connectivity index (χ3n) is 3.65. The minimum atomic E-state index is -1.43. The molecule has 1 aromatic rings. The van der Waals surface area contributed by atoms with E-state index in [0.29, 0.717) is 11.7 Å². The van der Waals surface area contributed by atoms with Gasteiger partial charge >= 0.3 is 0 Å². The zero-order chi connectivity index (χ0) is 15.6. The van der Waals surface area contributed by atoms with Crippen LogP contribution >= 0.6 is 0 Å². The van der Waals surface area contributed by atoms with E-state index in [9.17, 15) is 15.3 Å².